The number of amides is 1. The van der Waals surface area contributed by atoms with Crippen LogP contribution in [0.1, 0.15) is 31.9 Å². The second kappa shape index (κ2) is 10.3. The summed E-state index contributed by atoms with van der Waals surface area (Å²) in [4.78, 5) is 16.7. The molecule has 2 atom stereocenters. The van der Waals surface area contributed by atoms with Gasteiger partial charge in [0, 0.05) is 18.0 Å². The summed E-state index contributed by atoms with van der Waals surface area (Å²) in [7, 11) is -3.48. The van der Waals surface area contributed by atoms with E-state index in [9.17, 15) is 31.6 Å². The molecule has 11 heteroatoms. The predicted octanol–water partition coefficient (Wildman–Crippen LogP) is 3.48. The third kappa shape index (κ3) is 6.76. The van der Waals surface area contributed by atoms with Gasteiger partial charge >= 0.3 is 6.18 Å². The molecule has 2 aromatic rings. The predicted molar refractivity (Wildman–Crippen MR) is 116 cm³/mol. The number of alkyl halides is 3. The Bertz CT molecular complexity index is 1110. The summed E-state index contributed by atoms with van der Waals surface area (Å²) in [6, 6.07) is 6.45. The second-order valence-electron chi connectivity index (χ2n) is 8.10. The van der Waals surface area contributed by atoms with Crippen molar-refractivity contribution in [2.75, 3.05) is 12.8 Å². The average Bonchev–Trinajstić information content (AvgIpc) is 2.70. The minimum absolute atomic E-state index is 0.0695. The van der Waals surface area contributed by atoms with Crippen molar-refractivity contribution < 1.29 is 26.4 Å². The molecule has 0 bridgehead atoms. The summed E-state index contributed by atoms with van der Waals surface area (Å²) < 4.78 is 65.6. The highest BCUT2D eigenvalue weighted by Gasteiger charge is 2.47. The number of primary amides is 1. The lowest BCUT2D eigenvalue weighted by atomic mass is 9.95. The van der Waals surface area contributed by atoms with E-state index in [1.165, 1.54) is 42.6 Å². The number of halogens is 3. The van der Waals surface area contributed by atoms with E-state index in [4.69, 9.17) is 5.73 Å². The number of hydrogen-bond donors (Lipinski definition) is 1. The van der Waals surface area contributed by atoms with E-state index in [2.05, 4.69) is 4.98 Å². The van der Waals surface area contributed by atoms with Crippen molar-refractivity contribution in [3.8, 4) is 17.2 Å². The quantitative estimate of drug-likeness (QED) is 0.547. The van der Waals surface area contributed by atoms with Crippen LogP contribution in [0.5, 0.6) is 0 Å². The van der Waals surface area contributed by atoms with Crippen LogP contribution in [0, 0.1) is 17.2 Å². The lowest BCUT2D eigenvalue weighted by Gasteiger charge is -2.37. The van der Waals surface area contributed by atoms with Gasteiger partial charge in [-0.25, -0.2) is 13.4 Å². The van der Waals surface area contributed by atoms with E-state index < -0.39 is 40.5 Å². The molecule has 33 heavy (non-hydrogen) atoms. The first kappa shape index (κ1) is 26.3. The van der Waals surface area contributed by atoms with Crippen LogP contribution in [0.2, 0.25) is 0 Å². The molecule has 1 aromatic carbocycles. The van der Waals surface area contributed by atoms with Crippen molar-refractivity contribution in [1.82, 2.24) is 9.88 Å². The minimum Gasteiger partial charge on any atom is -0.368 e. The van der Waals surface area contributed by atoms with E-state index in [-0.39, 0.29) is 22.9 Å². The van der Waals surface area contributed by atoms with Gasteiger partial charge in [0.2, 0.25) is 5.91 Å². The number of rotatable bonds is 9. The first-order chi connectivity index (χ1) is 15.3. The summed E-state index contributed by atoms with van der Waals surface area (Å²) in [6.07, 6.45) is -2.37. The van der Waals surface area contributed by atoms with Crippen molar-refractivity contribution in [1.29, 1.82) is 5.26 Å². The molecule has 2 rings (SSSR count). The maximum atomic E-state index is 14.1. The third-order valence-corrected chi connectivity index (χ3v) is 6.00. The van der Waals surface area contributed by atoms with Gasteiger partial charge in [0.05, 0.1) is 18.7 Å². The number of nitrogens with two attached hydrogens (primary N) is 1. The van der Waals surface area contributed by atoms with E-state index in [0.29, 0.717) is 11.1 Å². The Hall–Kier alpha value is -2.97. The van der Waals surface area contributed by atoms with Crippen molar-refractivity contribution in [2.24, 2.45) is 11.7 Å². The third-order valence-electron chi connectivity index (χ3n) is 4.99. The normalized spacial score (nSPS) is 14.2. The molecule has 0 radical (unpaired) electrons. The van der Waals surface area contributed by atoms with Crippen LogP contribution < -0.4 is 5.73 Å². The number of sulfone groups is 1. The molecular formula is C22H25F3N4O3S. The van der Waals surface area contributed by atoms with E-state index in [1.54, 1.807) is 19.9 Å². The smallest absolute Gasteiger partial charge is 0.368 e. The summed E-state index contributed by atoms with van der Waals surface area (Å²) in [5.74, 6) is -1.05. The first-order valence-electron chi connectivity index (χ1n) is 10.0. The van der Waals surface area contributed by atoms with Gasteiger partial charge in [0.25, 0.3) is 0 Å². The number of carbonyl (C=O) groups excluding carboxylic acids is 1. The molecular weight excluding hydrogens is 457 g/mol. The molecule has 1 amide bonds. The molecule has 0 saturated carbocycles. The Labute approximate surface area is 190 Å². The molecule has 178 valence electrons. The first-order valence-corrected chi connectivity index (χ1v) is 11.9. The van der Waals surface area contributed by atoms with E-state index in [1.807, 2.05) is 0 Å². The van der Waals surface area contributed by atoms with Gasteiger partial charge in [-0.15, -0.1) is 0 Å². The lowest BCUT2D eigenvalue weighted by Crippen LogP contribution is -2.51. The summed E-state index contributed by atoms with van der Waals surface area (Å²) in [6.45, 7) is 2.87. The molecule has 0 spiro atoms. The van der Waals surface area contributed by atoms with Crippen molar-refractivity contribution in [3.05, 3.63) is 48.2 Å². The molecule has 0 fully saturated rings. The van der Waals surface area contributed by atoms with Gasteiger partial charge < -0.3 is 5.73 Å². The van der Waals surface area contributed by atoms with Gasteiger partial charge in [-0.3, -0.25) is 9.69 Å². The Morgan fingerprint density at radius 2 is 1.73 bits per heavy atom. The molecule has 2 N–H and O–H groups in total. The average molecular weight is 483 g/mol. The maximum Gasteiger partial charge on any atom is 0.408 e. The largest absolute Gasteiger partial charge is 0.408 e. The van der Waals surface area contributed by atoms with Crippen LogP contribution in [0.3, 0.4) is 0 Å². The molecule has 0 aliphatic rings. The Kier molecular flexibility index (Phi) is 8.21. The minimum atomic E-state index is -4.78. The Morgan fingerprint density at radius 3 is 2.12 bits per heavy atom. The highest BCUT2D eigenvalue weighted by atomic mass is 32.2. The van der Waals surface area contributed by atoms with Crippen LogP contribution in [0.4, 0.5) is 13.2 Å². The topological polar surface area (TPSA) is 117 Å². The molecule has 0 saturated heterocycles. The van der Waals surface area contributed by atoms with Gasteiger partial charge in [0.15, 0.2) is 14.9 Å². The van der Waals surface area contributed by atoms with Crippen molar-refractivity contribution in [2.45, 2.75) is 43.6 Å². The zero-order valence-corrected chi connectivity index (χ0v) is 19.2. The van der Waals surface area contributed by atoms with E-state index >= 15 is 0 Å². The van der Waals surface area contributed by atoms with Gasteiger partial charge in [-0.2, -0.15) is 18.4 Å². The van der Waals surface area contributed by atoms with E-state index in [0.717, 1.165) is 11.2 Å². The maximum absolute atomic E-state index is 14.1. The van der Waals surface area contributed by atoms with Crippen molar-refractivity contribution >= 4 is 15.7 Å². The van der Waals surface area contributed by atoms with Crippen LogP contribution in [-0.4, -0.2) is 49.2 Å². The highest BCUT2D eigenvalue weighted by Crippen LogP contribution is 2.40. The summed E-state index contributed by atoms with van der Waals surface area (Å²) in [5.41, 5.74) is 6.29. The fourth-order valence-corrected chi connectivity index (χ4v) is 4.08. The SMILES string of the molecule is CC(C)C[C@@H](C(N)=O)N(CC#N)C(c1ccc(-c2ccc(S(C)(=O)=O)nc2)cc1)C(F)(F)F. The monoisotopic (exact) mass is 482 g/mol. The van der Waals surface area contributed by atoms with Gasteiger partial charge in [-0.05, 0) is 35.6 Å². The summed E-state index contributed by atoms with van der Waals surface area (Å²) in [5, 5.41) is 9.06. The highest BCUT2D eigenvalue weighted by molar-refractivity contribution is 7.90. The number of nitriles is 1. The van der Waals surface area contributed by atoms with Gasteiger partial charge in [-0.1, -0.05) is 38.1 Å². The number of aromatic nitrogens is 1. The fourth-order valence-electron chi connectivity index (χ4n) is 3.52. The van der Waals surface area contributed by atoms with Crippen LogP contribution in [-0.2, 0) is 14.6 Å². The molecule has 1 unspecified atom stereocenters. The molecule has 0 aliphatic carbocycles. The van der Waals surface area contributed by atoms with Crippen LogP contribution in [0.15, 0.2) is 47.6 Å². The number of pyridine rings is 1. The molecule has 1 heterocycles. The number of carbonyl (C=O) groups is 1. The van der Waals surface area contributed by atoms with Crippen LogP contribution >= 0.6 is 0 Å². The zero-order valence-electron chi connectivity index (χ0n) is 18.4. The molecule has 7 nitrogen and oxygen atoms in total. The summed E-state index contributed by atoms with van der Waals surface area (Å²) >= 11 is 0. The van der Waals surface area contributed by atoms with Gasteiger partial charge in [0.1, 0.15) is 6.04 Å². The number of benzene rings is 1. The fraction of sp³-hybridized carbons (Fsp3) is 0.409. The molecule has 0 aliphatic heterocycles. The zero-order chi connectivity index (χ0) is 25.0. The number of nitrogens with zero attached hydrogens (tertiary/aromatic N) is 3. The second-order valence-corrected chi connectivity index (χ2v) is 10.1. The Balaban J connectivity index is 2.47. The standard InChI is InChI=1S/C22H25F3N4O3S/c1-14(2)12-18(21(27)30)29(11-10-26)20(22(23,24)25)16-6-4-15(5-7-16)17-8-9-19(28-13-17)33(3,31)32/h4-9,13-14,18,20H,11-12H2,1-3H3,(H2,27,30)/t18-,20?/m0/s1. The lowest BCUT2D eigenvalue weighted by molar-refractivity contribution is -0.192. The Morgan fingerprint density at radius 1 is 1.15 bits per heavy atom. The number of hydrogen-bond acceptors (Lipinski definition) is 6. The van der Waals surface area contributed by atoms with Crippen LogP contribution in [0.25, 0.3) is 11.1 Å². The van der Waals surface area contributed by atoms with Crippen molar-refractivity contribution in [3.63, 3.8) is 0 Å². The molecule has 1 aromatic heterocycles.